The largest absolute Gasteiger partial charge is 0.106 e. The molecule has 192 valence electrons. The lowest BCUT2D eigenvalue weighted by Crippen LogP contribution is -2.20. The highest BCUT2D eigenvalue weighted by Gasteiger charge is 1.80. The number of hydrogen-bond donors (Lipinski definition) is 0. The maximum absolute atomic E-state index is 3.82. The Balaban J connectivity index is -0.0000000698. The van der Waals surface area contributed by atoms with E-state index in [0.29, 0.717) is 0 Å². The van der Waals surface area contributed by atoms with Crippen molar-refractivity contribution in [3.63, 3.8) is 0 Å². The van der Waals surface area contributed by atoms with E-state index >= 15 is 0 Å². The van der Waals surface area contributed by atoms with Crippen molar-refractivity contribution in [2.75, 3.05) is 0 Å². The summed E-state index contributed by atoms with van der Waals surface area (Å²) < 4.78 is 0. The van der Waals surface area contributed by atoms with Gasteiger partial charge in [-0.15, -0.1) is 13.2 Å². The lowest BCUT2D eigenvalue weighted by Gasteiger charge is -1.90. The van der Waals surface area contributed by atoms with Crippen LogP contribution in [-0.4, -0.2) is 0 Å². The van der Waals surface area contributed by atoms with Gasteiger partial charge in [-0.3, -0.25) is 0 Å². The van der Waals surface area contributed by atoms with Crippen molar-refractivity contribution in [3.05, 3.63) is 94.4 Å². The Kier molecular flexibility index (Phi) is 53.8. The second-order valence-corrected chi connectivity index (χ2v) is 6.50. The fourth-order valence-corrected chi connectivity index (χ4v) is 1.39. The van der Waals surface area contributed by atoms with Crippen molar-refractivity contribution in [3.8, 4) is 0 Å². The molecule has 0 N–H and O–H groups in total. The van der Waals surface area contributed by atoms with Crippen LogP contribution in [0.4, 0.5) is 0 Å². The van der Waals surface area contributed by atoms with Crippen molar-refractivity contribution in [1.82, 2.24) is 0 Å². The second-order valence-electron chi connectivity index (χ2n) is 6.50. The second kappa shape index (κ2) is 40.1. The van der Waals surface area contributed by atoms with Gasteiger partial charge in [-0.25, -0.2) is 0 Å². The van der Waals surface area contributed by atoms with Gasteiger partial charge in [0.2, 0.25) is 0 Å². The Labute approximate surface area is 210 Å². The molecule has 0 spiro atoms. The average Bonchev–Trinajstić information content (AvgIpc) is 2.85. The molecule has 0 bridgehead atoms. The Morgan fingerprint density at radius 3 is 1.06 bits per heavy atom. The SMILES string of the molecule is C=C.C=c1ccc(C)cc1=C.CC.CC.CC.CC=C(C)C.CCC.Cc1ccc(C)cc1. The van der Waals surface area contributed by atoms with Gasteiger partial charge in [0.1, 0.15) is 0 Å². The van der Waals surface area contributed by atoms with Gasteiger partial charge in [0.05, 0.1) is 0 Å². The maximum atomic E-state index is 3.82. The summed E-state index contributed by atoms with van der Waals surface area (Å²) in [6, 6.07) is 14.5. The van der Waals surface area contributed by atoms with Crippen molar-refractivity contribution >= 4 is 13.2 Å². The fraction of sp³-hybridized carbons (Fsp3) is 0.455. The molecule has 0 atom stereocenters. The first kappa shape index (κ1) is 44.4. The summed E-state index contributed by atoms with van der Waals surface area (Å²) in [4.78, 5) is 0. The molecule has 2 aromatic rings. The third kappa shape index (κ3) is 44.2. The van der Waals surface area contributed by atoms with E-state index in [4.69, 9.17) is 0 Å². The highest BCUT2D eigenvalue weighted by molar-refractivity contribution is 5.21. The molecule has 0 saturated heterocycles. The summed E-state index contributed by atoms with van der Waals surface area (Å²) in [6.07, 6.45) is 3.33. The van der Waals surface area contributed by atoms with Crippen molar-refractivity contribution in [1.29, 1.82) is 0 Å². The summed E-state index contributed by atoms with van der Waals surface area (Å²) in [6.45, 7) is 42.3. The number of hydrogen-bond acceptors (Lipinski definition) is 0. The third-order valence-corrected chi connectivity index (χ3v) is 3.16. The van der Waals surface area contributed by atoms with Crippen LogP contribution in [0.5, 0.6) is 0 Å². The molecule has 2 rings (SSSR count). The summed E-state index contributed by atoms with van der Waals surface area (Å²) in [7, 11) is 0. The Morgan fingerprint density at radius 2 is 0.879 bits per heavy atom. The normalized spacial score (nSPS) is 7.09. The first-order valence-corrected chi connectivity index (χ1v) is 12.5. The van der Waals surface area contributed by atoms with Gasteiger partial charge in [0.25, 0.3) is 0 Å². The summed E-state index contributed by atoms with van der Waals surface area (Å²) in [5.41, 5.74) is 5.28. The van der Waals surface area contributed by atoms with E-state index in [1.807, 2.05) is 73.6 Å². The minimum absolute atomic E-state index is 1.01. The highest BCUT2D eigenvalue weighted by atomic mass is 13.9. The predicted molar refractivity (Wildman–Crippen MR) is 164 cm³/mol. The molecule has 0 aliphatic carbocycles. The van der Waals surface area contributed by atoms with Gasteiger partial charge < -0.3 is 0 Å². The van der Waals surface area contributed by atoms with E-state index in [1.165, 1.54) is 28.7 Å². The van der Waals surface area contributed by atoms with Crippen molar-refractivity contribution in [2.24, 2.45) is 0 Å². The molecule has 0 amide bonds. The molecular weight excluding hydrogens is 396 g/mol. The minimum atomic E-state index is 1.01. The third-order valence-electron chi connectivity index (χ3n) is 3.16. The number of benzene rings is 2. The summed E-state index contributed by atoms with van der Waals surface area (Å²) in [5, 5.41) is 2.04. The Bertz CT molecular complexity index is 678. The zero-order valence-corrected chi connectivity index (χ0v) is 25.2. The molecule has 2 aromatic carbocycles. The fourth-order valence-electron chi connectivity index (χ4n) is 1.39. The molecule has 0 saturated carbocycles. The van der Waals surface area contributed by atoms with Gasteiger partial charge in [-0.05, 0) is 52.0 Å². The zero-order valence-electron chi connectivity index (χ0n) is 25.2. The van der Waals surface area contributed by atoms with Crippen LogP contribution in [-0.2, 0) is 0 Å². The molecule has 0 aliphatic rings. The highest BCUT2D eigenvalue weighted by Crippen LogP contribution is 1.99. The van der Waals surface area contributed by atoms with E-state index in [0.717, 1.165) is 10.4 Å². The molecule has 0 nitrogen and oxygen atoms in total. The molecular formula is C33H60. The molecule has 0 aliphatic heterocycles. The minimum Gasteiger partial charge on any atom is -0.106 e. The van der Waals surface area contributed by atoms with E-state index in [1.54, 1.807) is 0 Å². The Morgan fingerprint density at radius 1 is 0.636 bits per heavy atom. The van der Waals surface area contributed by atoms with Gasteiger partial charge in [-0.1, -0.05) is 146 Å². The topological polar surface area (TPSA) is 0 Å². The monoisotopic (exact) mass is 456 g/mol. The molecule has 0 heteroatoms. The molecule has 0 radical (unpaired) electrons. The number of aryl methyl sites for hydroxylation is 3. The van der Waals surface area contributed by atoms with Gasteiger partial charge in [0.15, 0.2) is 0 Å². The van der Waals surface area contributed by atoms with Gasteiger partial charge >= 0.3 is 0 Å². The van der Waals surface area contributed by atoms with Crippen LogP contribution in [0.2, 0.25) is 0 Å². The van der Waals surface area contributed by atoms with E-state index < -0.39 is 0 Å². The quantitative estimate of drug-likeness (QED) is 0.346. The maximum Gasteiger partial charge on any atom is -0.0259 e. The molecule has 0 heterocycles. The van der Waals surface area contributed by atoms with E-state index in [9.17, 15) is 0 Å². The lowest BCUT2D eigenvalue weighted by atomic mass is 10.2. The average molecular weight is 457 g/mol. The van der Waals surface area contributed by atoms with Crippen molar-refractivity contribution in [2.45, 2.75) is 103 Å². The molecule has 0 fully saturated rings. The van der Waals surface area contributed by atoms with Crippen LogP contribution < -0.4 is 10.4 Å². The van der Waals surface area contributed by atoms with Crippen LogP contribution in [0.25, 0.3) is 13.2 Å². The first-order chi connectivity index (χ1) is 15.7. The zero-order chi connectivity index (χ0) is 27.8. The van der Waals surface area contributed by atoms with Crippen molar-refractivity contribution < 1.29 is 0 Å². The standard InChI is InChI=1S/C9H10.C8H10.C5H10.C3H8.3C2H6.C2H4/c1-7-4-5-8(2)9(3)6-7;1-7-3-5-8(2)6-4-7;1-4-5(2)3;1-3-2;4*1-2/h4-6H,2-3H2,1H3;3-6H,1-2H3;4H,1-3H3;3H2,1-2H3;3*1-2H3;1-2H2. The van der Waals surface area contributed by atoms with E-state index in [2.05, 4.69) is 98.2 Å². The first-order valence-electron chi connectivity index (χ1n) is 12.5. The van der Waals surface area contributed by atoms with Crippen LogP contribution >= 0.6 is 0 Å². The Hall–Kier alpha value is -2.34. The lowest BCUT2D eigenvalue weighted by molar-refractivity contribution is 1.09. The van der Waals surface area contributed by atoms with Crippen LogP contribution in [0.3, 0.4) is 0 Å². The van der Waals surface area contributed by atoms with Crippen LogP contribution in [0.1, 0.15) is 99.3 Å². The smallest absolute Gasteiger partial charge is 0.0259 e. The van der Waals surface area contributed by atoms with Gasteiger partial charge in [-0.2, -0.15) is 0 Å². The molecule has 0 aromatic heterocycles. The van der Waals surface area contributed by atoms with Crippen LogP contribution in [0, 0.1) is 20.8 Å². The van der Waals surface area contributed by atoms with E-state index in [-0.39, 0.29) is 0 Å². The summed E-state index contributed by atoms with van der Waals surface area (Å²) >= 11 is 0. The van der Waals surface area contributed by atoms with Gasteiger partial charge in [0, 0.05) is 0 Å². The summed E-state index contributed by atoms with van der Waals surface area (Å²) in [5.74, 6) is 0. The number of rotatable bonds is 0. The number of allylic oxidation sites excluding steroid dienone is 2. The van der Waals surface area contributed by atoms with Crippen LogP contribution in [0.15, 0.2) is 67.3 Å². The predicted octanol–water partition coefficient (Wildman–Crippen LogP) is 10.4. The molecule has 33 heavy (non-hydrogen) atoms. The molecule has 0 unspecified atom stereocenters.